The number of aromatic amines is 1. The second kappa shape index (κ2) is 3.23. The maximum Gasteiger partial charge on any atom is 0.200 e. The maximum atomic E-state index is 5.68. The fourth-order valence-corrected chi connectivity index (χ4v) is 1.41. The predicted octanol–water partition coefficient (Wildman–Crippen LogP) is 3.04. The number of aryl methyl sites for hydroxylation is 1. The molecule has 0 atom stereocenters. The highest BCUT2D eigenvalue weighted by Crippen LogP contribution is 2.19. The molecule has 0 radical (unpaired) electrons. The Hall–Kier alpha value is -1.28. The third kappa shape index (κ3) is 1.73. The van der Waals surface area contributed by atoms with Crippen LogP contribution in [-0.2, 0) is 0 Å². The van der Waals surface area contributed by atoms with Gasteiger partial charge in [0.25, 0.3) is 0 Å². The molecule has 0 aliphatic carbocycles. The van der Waals surface area contributed by atoms with Crippen LogP contribution >= 0.6 is 11.6 Å². The van der Waals surface area contributed by atoms with Gasteiger partial charge in [0.1, 0.15) is 0 Å². The standard InChI is InChI=1S/C10H9ClN2/c1-7-3-2-4-8(5-7)9-6-12-10(11)13-9/h2-6H,1H3,(H,12,13). The van der Waals surface area contributed by atoms with Crippen LogP contribution in [0, 0.1) is 6.92 Å². The van der Waals surface area contributed by atoms with Crippen molar-refractivity contribution in [1.82, 2.24) is 9.97 Å². The van der Waals surface area contributed by atoms with Crippen molar-refractivity contribution in [3.63, 3.8) is 0 Å². The highest BCUT2D eigenvalue weighted by Gasteiger charge is 2.00. The number of nitrogens with zero attached hydrogens (tertiary/aromatic N) is 1. The van der Waals surface area contributed by atoms with E-state index in [4.69, 9.17) is 11.6 Å². The summed E-state index contributed by atoms with van der Waals surface area (Å²) in [5.41, 5.74) is 3.29. The number of hydrogen-bond acceptors (Lipinski definition) is 1. The van der Waals surface area contributed by atoms with Crippen LogP contribution in [0.2, 0.25) is 5.28 Å². The molecule has 0 saturated carbocycles. The van der Waals surface area contributed by atoms with E-state index in [-0.39, 0.29) is 0 Å². The number of hydrogen-bond donors (Lipinski definition) is 1. The second-order valence-corrected chi connectivity index (χ2v) is 3.32. The average Bonchev–Trinajstić information content (AvgIpc) is 2.52. The van der Waals surface area contributed by atoms with Gasteiger partial charge in [-0.15, -0.1) is 0 Å². The number of rotatable bonds is 1. The molecule has 0 bridgehead atoms. The van der Waals surface area contributed by atoms with E-state index in [1.165, 1.54) is 5.56 Å². The molecule has 2 nitrogen and oxygen atoms in total. The van der Waals surface area contributed by atoms with E-state index in [1.54, 1.807) is 6.20 Å². The Labute approximate surface area is 81.6 Å². The van der Waals surface area contributed by atoms with E-state index in [9.17, 15) is 0 Å². The molecule has 0 unspecified atom stereocenters. The lowest BCUT2D eigenvalue weighted by molar-refractivity contribution is 1.31. The van der Waals surface area contributed by atoms with E-state index < -0.39 is 0 Å². The van der Waals surface area contributed by atoms with Gasteiger partial charge in [-0.2, -0.15) is 0 Å². The van der Waals surface area contributed by atoms with Gasteiger partial charge in [-0.05, 0) is 30.2 Å². The minimum atomic E-state index is 0.427. The minimum absolute atomic E-state index is 0.427. The number of aromatic nitrogens is 2. The molecule has 1 N–H and O–H groups in total. The third-order valence-electron chi connectivity index (χ3n) is 1.87. The lowest BCUT2D eigenvalue weighted by Crippen LogP contribution is -1.78. The number of imidazole rings is 1. The van der Waals surface area contributed by atoms with Gasteiger partial charge in [0, 0.05) is 0 Å². The normalized spacial score (nSPS) is 10.3. The highest BCUT2D eigenvalue weighted by atomic mass is 35.5. The van der Waals surface area contributed by atoms with Crippen LogP contribution in [-0.4, -0.2) is 9.97 Å². The molecule has 2 rings (SSSR count). The van der Waals surface area contributed by atoms with Crippen LogP contribution in [0.3, 0.4) is 0 Å². The summed E-state index contributed by atoms with van der Waals surface area (Å²) in [5.74, 6) is 0. The van der Waals surface area contributed by atoms with Gasteiger partial charge in [0.05, 0.1) is 11.9 Å². The highest BCUT2D eigenvalue weighted by molar-refractivity contribution is 6.28. The molecule has 1 aromatic heterocycles. The van der Waals surface area contributed by atoms with Crippen molar-refractivity contribution in [2.24, 2.45) is 0 Å². The Kier molecular flexibility index (Phi) is 2.07. The molecule has 0 amide bonds. The molecule has 0 aliphatic heterocycles. The van der Waals surface area contributed by atoms with E-state index in [1.807, 2.05) is 12.1 Å². The quantitative estimate of drug-likeness (QED) is 0.739. The summed E-state index contributed by atoms with van der Waals surface area (Å²) >= 11 is 5.68. The first-order valence-corrected chi connectivity index (χ1v) is 4.41. The predicted molar refractivity (Wildman–Crippen MR) is 53.8 cm³/mol. The van der Waals surface area contributed by atoms with Crippen LogP contribution in [0.1, 0.15) is 5.56 Å². The summed E-state index contributed by atoms with van der Waals surface area (Å²) in [5, 5.41) is 0.427. The van der Waals surface area contributed by atoms with E-state index in [0.717, 1.165) is 11.3 Å². The molecular weight excluding hydrogens is 184 g/mol. The summed E-state index contributed by atoms with van der Waals surface area (Å²) in [4.78, 5) is 6.91. The fourth-order valence-electron chi connectivity index (χ4n) is 1.26. The van der Waals surface area contributed by atoms with Crippen LogP contribution in [0.25, 0.3) is 11.3 Å². The largest absolute Gasteiger partial charge is 0.329 e. The summed E-state index contributed by atoms with van der Waals surface area (Å²) in [6.45, 7) is 2.06. The first kappa shape index (κ1) is 8.32. The Balaban J connectivity index is 2.46. The number of benzene rings is 1. The molecule has 0 aliphatic rings. The molecule has 3 heteroatoms. The van der Waals surface area contributed by atoms with Gasteiger partial charge in [-0.1, -0.05) is 23.8 Å². The zero-order valence-corrected chi connectivity index (χ0v) is 7.97. The SMILES string of the molecule is Cc1cccc(-c2cnc(Cl)[nH]2)c1. The topological polar surface area (TPSA) is 28.7 Å². The van der Waals surface area contributed by atoms with E-state index in [0.29, 0.717) is 5.28 Å². The van der Waals surface area contributed by atoms with Crippen molar-refractivity contribution in [2.45, 2.75) is 6.92 Å². The van der Waals surface area contributed by atoms with Crippen molar-refractivity contribution in [3.8, 4) is 11.3 Å². The summed E-state index contributed by atoms with van der Waals surface area (Å²) in [7, 11) is 0. The zero-order valence-electron chi connectivity index (χ0n) is 7.21. The molecular formula is C10H9ClN2. The average molecular weight is 193 g/mol. The van der Waals surface area contributed by atoms with Crippen LogP contribution in [0.4, 0.5) is 0 Å². The zero-order chi connectivity index (χ0) is 9.26. The number of nitrogens with one attached hydrogen (secondary N) is 1. The molecule has 66 valence electrons. The first-order valence-electron chi connectivity index (χ1n) is 4.03. The van der Waals surface area contributed by atoms with Gasteiger partial charge in [-0.25, -0.2) is 4.98 Å². The lowest BCUT2D eigenvalue weighted by Gasteiger charge is -1.97. The van der Waals surface area contributed by atoms with E-state index in [2.05, 4.69) is 29.0 Å². The molecule has 0 saturated heterocycles. The van der Waals surface area contributed by atoms with Crippen molar-refractivity contribution in [3.05, 3.63) is 41.3 Å². The first-order chi connectivity index (χ1) is 6.25. The second-order valence-electron chi connectivity index (χ2n) is 2.96. The van der Waals surface area contributed by atoms with Crippen molar-refractivity contribution >= 4 is 11.6 Å². The number of H-pyrrole nitrogens is 1. The third-order valence-corrected chi connectivity index (χ3v) is 2.07. The lowest BCUT2D eigenvalue weighted by atomic mass is 10.1. The summed E-state index contributed by atoms with van der Waals surface area (Å²) in [6, 6.07) is 8.18. The Bertz CT molecular complexity index is 420. The van der Waals surface area contributed by atoms with Gasteiger partial charge >= 0.3 is 0 Å². The minimum Gasteiger partial charge on any atom is -0.329 e. The number of halogens is 1. The maximum absolute atomic E-state index is 5.68. The smallest absolute Gasteiger partial charge is 0.200 e. The van der Waals surface area contributed by atoms with Crippen LogP contribution in [0.15, 0.2) is 30.5 Å². The van der Waals surface area contributed by atoms with Gasteiger partial charge in [0.15, 0.2) is 5.28 Å². The monoisotopic (exact) mass is 192 g/mol. The van der Waals surface area contributed by atoms with Gasteiger partial charge < -0.3 is 4.98 Å². The molecule has 0 spiro atoms. The summed E-state index contributed by atoms with van der Waals surface area (Å²) in [6.07, 6.45) is 1.73. The van der Waals surface area contributed by atoms with Gasteiger partial charge in [0.2, 0.25) is 0 Å². The fraction of sp³-hybridized carbons (Fsp3) is 0.100. The molecule has 13 heavy (non-hydrogen) atoms. The van der Waals surface area contributed by atoms with E-state index >= 15 is 0 Å². The van der Waals surface area contributed by atoms with Crippen molar-refractivity contribution in [2.75, 3.05) is 0 Å². The molecule has 1 aromatic carbocycles. The molecule has 2 aromatic rings. The van der Waals surface area contributed by atoms with Crippen molar-refractivity contribution < 1.29 is 0 Å². The van der Waals surface area contributed by atoms with Crippen molar-refractivity contribution in [1.29, 1.82) is 0 Å². The molecule has 1 heterocycles. The Morgan fingerprint density at radius 3 is 2.85 bits per heavy atom. The van der Waals surface area contributed by atoms with Gasteiger partial charge in [-0.3, -0.25) is 0 Å². The summed E-state index contributed by atoms with van der Waals surface area (Å²) < 4.78 is 0. The molecule has 0 fully saturated rings. The van der Waals surface area contributed by atoms with Crippen LogP contribution in [0.5, 0.6) is 0 Å². The Morgan fingerprint density at radius 1 is 1.38 bits per heavy atom. The Morgan fingerprint density at radius 2 is 2.23 bits per heavy atom. The van der Waals surface area contributed by atoms with Crippen LogP contribution < -0.4 is 0 Å².